The minimum absolute atomic E-state index is 0. The molecule has 0 rings (SSSR count). The average molecular weight is 156 g/mol. The van der Waals surface area contributed by atoms with Crippen LogP contribution in [0, 0.1) is 0 Å². The van der Waals surface area contributed by atoms with E-state index in [-0.39, 0.29) is 19.0 Å². The monoisotopic (exact) mass is 155 g/mol. The first kappa shape index (κ1) is 11.5. The lowest BCUT2D eigenvalue weighted by molar-refractivity contribution is -0.145. The Morgan fingerprint density at radius 1 is 1.78 bits per heavy atom. The predicted octanol–water partition coefficient (Wildman–Crippen LogP) is 0.0339. The van der Waals surface area contributed by atoms with Crippen LogP contribution >= 0.6 is 12.4 Å². The van der Waals surface area contributed by atoms with Crippen LogP contribution in [-0.2, 0) is 9.63 Å². The van der Waals surface area contributed by atoms with Gasteiger partial charge in [-0.3, -0.25) is 4.84 Å². The van der Waals surface area contributed by atoms with E-state index in [0.29, 0.717) is 6.54 Å². The molecule has 0 aliphatic carbocycles. The van der Waals surface area contributed by atoms with Crippen LogP contribution in [0.5, 0.6) is 0 Å². The van der Waals surface area contributed by atoms with Crippen molar-refractivity contribution in [2.24, 2.45) is 0 Å². The van der Waals surface area contributed by atoms with Crippen LogP contribution in [0.25, 0.3) is 0 Å². The van der Waals surface area contributed by atoms with Crippen molar-refractivity contribution in [3.05, 3.63) is 0 Å². The van der Waals surface area contributed by atoms with Crippen molar-refractivity contribution in [2.45, 2.75) is 6.92 Å². The number of nitrogens with one attached hydrogen (secondary N) is 1. The fourth-order valence-corrected chi connectivity index (χ4v) is 0.215. The van der Waals surface area contributed by atoms with Gasteiger partial charge in [0.25, 0.3) is 0 Å². The number of hydrogen-bond donors (Lipinski definition) is 2. The smallest absolute Gasteiger partial charge is 0.331 e. The van der Waals surface area contributed by atoms with E-state index < -0.39 is 5.97 Å². The molecule has 2 N–H and O–H groups in total. The second-order valence-corrected chi connectivity index (χ2v) is 1.18. The number of hydroxylamine groups is 1. The largest absolute Gasteiger partial charge is 0.479 e. The fraction of sp³-hybridized carbons (Fsp3) is 0.750. The van der Waals surface area contributed by atoms with Crippen molar-refractivity contribution in [3.8, 4) is 0 Å². The minimum atomic E-state index is -0.967. The van der Waals surface area contributed by atoms with E-state index >= 15 is 0 Å². The minimum Gasteiger partial charge on any atom is -0.479 e. The van der Waals surface area contributed by atoms with Crippen LogP contribution in [0.15, 0.2) is 0 Å². The van der Waals surface area contributed by atoms with Gasteiger partial charge in [0.1, 0.15) is 0 Å². The molecule has 0 amide bonds. The Balaban J connectivity index is 0. The molecule has 0 aliphatic heterocycles. The zero-order chi connectivity index (χ0) is 6.41. The molecule has 0 saturated heterocycles. The molecule has 0 aromatic rings. The Hall–Kier alpha value is -0.320. The third-order valence-corrected chi connectivity index (χ3v) is 0.442. The first-order valence-electron chi connectivity index (χ1n) is 2.33. The van der Waals surface area contributed by atoms with Gasteiger partial charge in [-0.15, -0.1) is 12.4 Å². The lowest BCUT2D eigenvalue weighted by Crippen LogP contribution is -2.18. The molecule has 0 bridgehead atoms. The maximum Gasteiger partial charge on any atom is 0.331 e. The quantitative estimate of drug-likeness (QED) is 0.445. The van der Waals surface area contributed by atoms with Gasteiger partial charge in [0, 0.05) is 6.54 Å². The third-order valence-electron chi connectivity index (χ3n) is 0.442. The second-order valence-electron chi connectivity index (χ2n) is 1.18. The van der Waals surface area contributed by atoms with Crippen LogP contribution < -0.4 is 5.48 Å². The first-order valence-corrected chi connectivity index (χ1v) is 2.33. The van der Waals surface area contributed by atoms with E-state index in [0.717, 1.165) is 0 Å². The summed E-state index contributed by atoms with van der Waals surface area (Å²) in [6.07, 6.45) is 0. The lowest BCUT2D eigenvalue weighted by atomic mass is 10.8. The van der Waals surface area contributed by atoms with E-state index in [9.17, 15) is 4.79 Å². The van der Waals surface area contributed by atoms with E-state index in [2.05, 4.69) is 10.3 Å². The number of halogens is 1. The highest BCUT2D eigenvalue weighted by Gasteiger charge is 1.92. The van der Waals surface area contributed by atoms with Gasteiger partial charge in [0.05, 0.1) is 0 Å². The predicted molar refractivity (Wildman–Crippen MR) is 34.5 cm³/mol. The number of aliphatic carboxylic acids is 1. The molecule has 0 unspecified atom stereocenters. The van der Waals surface area contributed by atoms with Crippen molar-refractivity contribution in [3.63, 3.8) is 0 Å². The number of carboxylic acid groups (broad SMARTS) is 1. The summed E-state index contributed by atoms with van der Waals surface area (Å²) in [7, 11) is 0. The van der Waals surface area contributed by atoms with E-state index in [4.69, 9.17) is 5.11 Å². The van der Waals surface area contributed by atoms with Crippen LogP contribution in [-0.4, -0.2) is 24.2 Å². The van der Waals surface area contributed by atoms with Gasteiger partial charge in [-0.2, -0.15) is 0 Å². The summed E-state index contributed by atoms with van der Waals surface area (Å²) in [6, 6.07) is 0. The molecular weight excluding hydrogens is 146 g/mol. The second kappa shape index (κ2) is 7.68. The SMILES string of the molecule is CCNOCC(=O)O.Cl. The van der Waals surface area contributed by atoms with E-state index in [1.807, 2.05) is 6.92 Å². The normalized spacial score (nSPS) is 8.11. The van der Waals surface area contributed by atoms with Crippen molar-refractivity contribution < 1.29 is 14.7 Å². The number of carboxylic acids is 1. The molecule has 0 saturated carbocycles. The third kappa shape index (κ3) is 11.3. The molecule has 9 heavy (non-hydrogen) atoms. The summed E-state index contributed by atoms with van der Waals surface area (Å²) < 4.78 is 0. The average Bonchev–Trinajstić information content (AvgIpc) is 1.66. The Bertz CT molecular complexity index is 78.2. The Morgan fingerprint density at radius 2 is 2.33 bits per heavy atom. The van der Waals surface area contributed by atoms with Gasteiger partial charge in [-0.25, -0.2) is 10.3 Å². The van der Waals surface area contributed by atoms with Gasteiger partial charge in [-0.05, 0) is 0 Å². The summed E-state index contributed by atoms with van der Waals surface area (Å²) in [5.74, 6) is -0.967. The van der Waals surface area contributed by atoms with Gasteiger partial charge in [-0.1, -0.05) is 6.92 Å². The maximum absolute atomic E-state index is 9.71. The topological polar surface area (TPSA) is 58.6 Å². The zero-order valence-corrected chi connectivity index (χ0v) is 5.90. The van der Waals surface area contributed by atoms with Gasteiger partial charge >= 0.3 is 5.97 Å². The van der Waals surface area contributed by atoms with E-state index in [1.54, 1.807) is 0 Å². The summed E-state index contributed by atoms with van der Waals surface area (Å²) >= 11 is 0. The Labute approximate surface area is 59.6 Å². The molecule has 56 valence electrons. The maximum atomic E-state index is 9.71. The molecule has 0 spiro atoms. The van der Waals surface area contributed by atoms with Crippen LogP contribution in [0.2, 0.25) is 0 Å². The molecule has 0 fully saturated rings. The number of rotatable bonds is 4. The summed E-state index contributed by atoms with van der Waals surface area (Å²) in [4.78, 5) is 14.1. The first-order chi connectivity index (χ1) is 3.77. The molecule has 0 aromatic heterocycles. The van der Waals surface area contributed by atoms with Gasteiger partial charge in [0.15, 0.2) is 6.61 Å². The van der Waals surface area contributed by atoms with E-state index in [1.165, 1.54) is 0 Å². The molecule has 4 nitrogen and oxygen atoms in total. The van der Waals surface area contributed by atoms with Gasteiger partial charge < -0.3 is 5.11 Å². The summed E-state index contributed by atoms with van der Waals surface area (Å²) in [5.41, 5.74) is 2.40. The highest BCUT2D eigenvalue weighted by Crippen LogP contribution is 1.65. The Morgan fingerprint density at radius 3 is 2.67 bits per heavy atom. The van der Waals surface area contributed by atoms with Crippen LogP contribution in [0.4, 0.5) is 0 Å². The molecule has 5 heteroatoms. The molecule has 0 aliphatic rings. The van der Waals surface area contributed by atoms with Crippen molar-refractivity contribution in [1.29, 1.82) is 0 Å². The zero-order valence-electron chi connectivity index (χ0n) is 5.09. The molecule has 0 atom stereocenters. The van der Waals surface area contributed by atoms with Crippen molar-refractivity contribution in [1.82, 2.24) is 5.48 Å². The number of hydrogen-bond acceptors (Lipinski definition) is 3. The van der Waals surface area contributed by atoms with Crippen LogP contribution in [0.1, 0.15) is 6.92 Å². The molecule has 0 heterocycles. The Kier molecular flexibility index (Phi) is 9.79. The van der Waals surface area contributed by atoms with Crippen LogP contribution in [0.3, 0.4) is 0 Å². The summed E-state index contributed by atoms with van der Waals surface area (Å²) in [6.45, 7) is 2.16. The highest BCUT2D eigenvalue weighted by atomic mass is 35.5. The highest BCUT2D eigenvalue weighted by molar-refractivity contribution is 5.85. The summed E-state index contributed by atoms with van der Waals surface area (Å²) in [5, 5.41) is 7.98. The standard InChI is InChI=1S/C4H9NO3.ClH/c1-2-5-8-3-4(6)7;/h5H,2-3H2,1H3,(H,6,7);1H. The molecule has 0 aromatic carbocycles. The lowest BCUT2D eigenvalue weighted by Gasteiger charge is -1.96. The molecule has 0 radical (unpaired) electrons. The molecular formula is C4H10ClNO3. The van der Waals surface area contributed by atoms with Gasteiger partial charge in [0.2, 0.25) is 0 Å². The number of carbonyl (C=O) groups is 1. The van der Waals surface area contributed by atoms with Crippen molar-refractivity contribution in [2.75, 3.05) is 13.2 Å². The van der Waals surface area contributed by atoms with Crippen molar-refractivity contribution >= 4 is 18.4 Å². The fourth-order valence-electron chi connectivity index (χ4n) is 0.215.